The standard InChI is InChI=1S/C32H44N6O9/c1-5-7-12-24(29(41)35-25(32(44)45)17-20-13-15-21(16-14-20)38(46)47)34-30(42)26(18(3)6-2)36-31(43)27(19(4)39)37-28(40)22-10-8-9-11-23(22)33/h8-11,13-16,18-19,24-27,39H,5-7,12,17,33H2,1-4H3,(H,34,42)(H,35,41)(H,36,43)(H,37,40)(H,44,45)/t18-,19+,24-,25-,26-,27-/m0/s1. The van der Waals surface area contributed by atoms with Crippen LogP contribution in [0.3, 0.4) is 0 Å². The van der Waals surface area contributed by atoms with E-state index < -0.39 is 70.7 Å². The molecule has 0 aliphatic carbocycles. The highest BCUT2D eigenvalue weighted by atomic mass is 16.6. The number of nitrogens with zero attached hydrogens (tertiary/aromatic N) is 1. The zero-order valence-corrected chi connectivity index (χ0v) is 26.9. The van der Waals surface area contributed by atoms with E-state index in [-0.39, 0.29) is 29.8 Å². The number of aliphatic hydroxyl groups is 1. The number of aliphatic carboxylic acids is 1. The number of unbranched alkanes of at least 4 members (excludes halogenated alkanes) is 1. The van der Waals surface area contributed by atoms with E-state index in [1.807, 2.05) is 6.92 Å². The molecular formula is C32H44N6O9. The summed E-state index contributed by atoms with van der Waals surface area (Å²) < 4.78 is 0. The van der Waals surface area contributed by atoms with Crippen molar-refractivity contribution in [1.82, 2.24) is 21.3 Å². The monoisotopic (exact) mass is 656 g/mol. The second-order valence-corrected chi connectivity index (χ2v) is 11.4. The summed E-state index contributed by atoms with van der Waals surface area (Å²) in [6.07, 6.45) is 0.267. The SMILES string of the molecule is CCCC[C@H](NC(=O)[C@@H](NC(=O)[C@@H](NC(=O)c1ccccc1N)[C@@H](C)O)[C@@H](C)CC)C(=O)N[C@@H](Cc1ccc([N+](=O)[O-])cc1)C(=O)O. The number of anilines is 1. The molecule has 0 fully saturated rings. The number of nitrogen functional groups attached to an aromatic ring is 1. The van der Waals surface area contributed by atoms with Crippen LogP contribution < -0.4 is 27.0 Å². The summed E-state index contributed by atoms with van der Waals surface area (Å²) in [6.45, 7) is 6.68. The third-order valence-electron chi connectivity index (χ3n) is 7.73. The van der Waals surface area contributed by atoms with E-state index in [9.17, 15) is 44.3 Å². The van der Waals surface area contributed by atoms with Crippen LogP contribution in [0.1, 0.15) is 69.3 Å². The fraction of sp³-hybridized carbons (Fsp3) is 0.469. The Morgan fingerprint density at radius 1 is 0.851 bits per heavy atom. The molecule has 8 N–H and O–H groups in total. The molecule has 0 spiro atoms. The molecule has 256 valence electrons. The van der Waals surface area contributed by atoms with Crippen LogP contribution in [0.15, 0.2) is 48.5 Å². The molecule has 0 heterocycles. The first-order chi connectivity index (χ1) is 22.2. The van der Waals surface area contributed by atoms with Crippen molar-refractivity contribution in [2.45, 2.75) is 90.1 Å². The minimum absolute atomic E-state index is 0.0974. The van der Waals surface area contributed by atoms with Gasteiger partial charge >= 0.3 is 5.97 Å². The zero-order chi connectivity index (χ0) is 35.3. The molecule has 15 heteroatoms. The number of rotatable bonds is 18. The van der Waals surface area contributed by atoms with Crippen molar-refractivity contribution in [3.05, 3.63) is 69.8 Å². The fourth-order valence-electron chi connectivity index (χ4n) is 4.67. The average molecular weight is 657 g/mol. The molecule has 6 atom stereocenters. The second-order valence-electron chi connectivity index (χ2n) is 11.4. The van der Waals surface area contributed by atoms with Crippen LogP contribution in [-0.4, -0.2) is 75.0 Å². The molecule has 2 aromatic rings. The highest BCUT2D eigenvalue weighted by Gasteiger charge is 2.35. The molecule has 2 aromatic carbocycles. The number of carboxylic acid groups (broad SMARTS) is 1. The number of nitrogens with one attached hydrogen (secondary N) is 4. The molecule has 0 aliphatic rings. The van der Waals surface area contributed by atoms with Crippen molar-refractivity contribution < 1.29 is 39.1 Å². The van der Waals surface area contributed by atoms with Gasteiger partial charge in [0.05, 0.1) is 16.6 Å². The summed E-state index contributed by atoms with van der Waals surface area (Å²) in [5.74, 6) is -4.80. The second kappa shape index (κ2) is 18.2. The van der Waals surface area contributed by atoms with Gasteiger partial charge in [0.15, 0.2) is 0 Å². The van der Waals surface area contributed by atoms with E-state index >= 15 is 0 Å². The van der Waals surface area contributed by atoms with Crippen LogP contribution in [0.25, 0.3) is 0 Å². The lowest BCUT2D eigenvalue weighted by molar-refractivity contribution is -0.384. The van der Waals surface area contributed by atoms with Gasteiger partial charge in [-0.2, -0.15) is 0 Å². The summed E-state index contributed by atoms with van der Waals surface area (Å²) in [6, 6.07) is 6.26. The van der Waals surface area contributed by atoms with E-state index in [4.69, 9.17) is 5.73 Å². The number of benzene rings is 2. The number of carbonyl (C=O) groups excluding carboxylic acids is 4. The van der Waals surface area contributed by atoms with E-state index in [1.54, 1.807) is 26.0 Å². The number of nitro benzene ring substituents is 1. The Morgan fingerprint density at radius 2 is 1.45 bits per heavy atom. The van der Waals surface area contributed by atoms with Crippen molar-refractivity contribution in [2.75, 3.05) is 5.73 Å². The highest BCUT2D eigenvalue weighted by Crippen LogP contribution is 2.15. The lowest BCUT2D eigenvalue weighted by Gasteiger charge is -2.29. The first-order valence-electron chi connectivity index (χ1n) is 15.4. The quantitative estimate of drug-likeness (QED) is 0.0695. The predicted molar refractivity (Wildman–Crippen MR) is 173 cm³/mol. The van der Waals surface area contributed by atoms with Gasteiger partial charge in [-0.05, 0) is 37.0 Å². The molecule has 0 unspecified atom stereocenters. The van der Waals surface area contributed by atoms with Gasteiger partial charge in [-0.25, -0.2) is 4.79 Å². The topological polar surface area (TPSA) is 243 Å². The summed E-state index contributed by atoms with van der Waals surface area (Å²) in [5, 5.41) is 41.2. The summed E-state index contributed by atoms with van der Waals surface area (Å²) in [4.78, 5) is 75.5. The van der Waals surface area contributed by atoms with Gasteiger partial charge in [-0.1, -0.05) is 64.3 Å². The van der Waals surface area contributed by atoms with Crippen LogP contribution in [0, 0.1) is 16.0 Å². The molecular weight excluding hydrogens is 612 g/mol. The third-order valence-corrected chi connectivity index (χ3v) is 7.73. The Hall–Kier alpha value is -5.05. The molecule has 0 bridgehead atoms. The van der Waals surface area contributed by atoms with Gasteiger partial charge in [0.25, 0.3) is 11.6 Å². The molecule has 0 saturated heterocycles. The number of carbonyl (C=O) groups is 5. The number of nitro groups is 1. The maximum Gasteiger partial charge on any atom is 0.326 e. The Labute approximate surface area is 272 Å². The summed E-state index contributed by atoms with van der Waals surface area (Å²) >= 11 is 0. The van der Waals surface area contributed by atoms with Crippen LogP contribution in [0.4, 0.5) is 11.4 Å². The summed E-state index contributed by atoms with van der Waals surface area (Å²) in [5.41, 5.74) is 6.40. The normalized spacial score (nSPS) is 14.7. The Morgan fingerprint density at radius 3 is 1.98 bits per heavy atom. The number of non-ortho nitro benzene ring substituents is 1. The smallest absolute Gasteiger partial charge is 0.326 e. The maximum atomic E-state index is 13.6. The lowest BCUT2D eigenvalue weighted by Crippen LogP contribution is -2.60. The van der Waals surface area contributed by atoms with Crippen molar-refractivity contribution >= 4 is 41.0 Å². The van der Waals surface area contributed by atoms with E-state index in [0.717, 1.165) is 0 Å². The van der Waals surface area contributed by atoms with E-state index in [2.05, 4.69) is 21.3 Å². The Balaban J connectivity index is 2.22. The molecule has 0 aliphatic heterocycles. The molecule has 0 aromatic heterocycles. The van der Waals surface area contributed by atoms with Crippen molar-refractivity contribution in [1.29, 1.82) is 0 Å². The molecule has 15 nitrogen and oxygen atoms in total. The average Bonchev–Trinajstić information content (AvgIpc) is 3.03. The number of carboxylic acids is 1. The number of para-hydroxylation sites is 1. The van der Waals surface area contributed by atoms with Crippen molar-refractivity contribution in [3.8, 4) is 0 Å². The summed E-state index contributed by atoms with van der Waals surface area (Å²) in [7, 11) is 0. The molecule has 47 heavy (non-hydrogen) atoms. The predicted octanol–water partition coefficient (Wildman–Crippen LogP) is 1.67. The van der Waals surface area contributed by atoms with Crippen molar-refractivity contribution in [3.63, 3.8) is 0 Å². The van der Waals surface area contributed by atoms with Gasteiger partial charge in [0.2, 0.25) is 17.7 Å². The molecule has 0 saturated carbocycles. The van der Waals surface area contributed by atoms with Crippen LogP contribution in [0.2, 0.25) is 0 Å². The first kappa shape index (κ1) is 38.1. The van der Waals surface area contributed by atoms with Crippen molar-refractivity contribution in [2.24, 2.45) is 5.92 Å². The van der Waals surface area contributed by atoms with Gasteiger partial charge in [0.1, 0.15) is 24.2 Å². The van der Waals surface area contributed by atoms with E-state index in [1.165, 1.54) is 43.3 Å². The van der Waals surface area contributed by atoms with Gasteiger partial charge in [0, 0.05) is 24.2 Å². The number of hydrogen-bond acceptors (Lipinski definition) is 9. The third kappa shape index (κ3) is 11.4. The van der Waals surface area contributed by atoms with Gasteiger partial charge < -0.3 is 37.2 Å². The van der Waals surface area contributed by atoms with E-state index in [0.29, 0.717) is 24.8 Å². The maximum absolute atomic E-state index is 13.6. The van der Waals surface area contributed by atoms with Gasteiger partial charge in [-0.3, -0.25) is 29.3 Å². The van der Waals surface area contributed by atoms with Crippen LogP contribution in [-0.2, 0) is 25.6 Å². The minimum Gasteiger partial charge on any atom is -0.480 e. The largest absolute Gasteiger partial charge is 0.480 e. The highest BCUT2D eigenvalue weighted by molar-refractivity contribution is 6.02. The molecule has 0 radical (unpaired) electrons. The molecule has 4 amide bonds. The van der Waals surface area contributed by atoms with Gasteiger partial charge in [-0.15, -0.1) is 0 Å². The van der Waals surface area contributed by atoms with Crippen LogP contribution in [0.5, 0.6) is 0 Å². The fourth-order valence-corrected chi connectivity index (χ4v) is 4.67. The number of hydrogen-bond donors (Lipinski definition) is 7. The Bertz CT molecular complexity index is 1420. The minimum atomic E-state index is -1.45. The molecule has 2 rings (SSSR count). The number of amides is 4. The van der Waals surface area contributed by atoms with Crippen LogP contribution >= 0.6 is 0 Å². The zero-order valence-electron chi connectivity index (χ0n) is 26.9. The number of aliphatic hydroxyl groups excluding tert-OH is 1. The Kier molecular flexibility index (Phi) is 14.8. The number of nitrogens with two attached hydrogens (primary N) is 1. The lowest BCUT2D eigenvalue weighted by atomic mass is 9.96. The first-order valence-corrected chi connectivity index (χ1v) is 15.4.